The number of carboxylic acid groups (broad SMARTS) is 1. The largest absolute Gasteiger partial charge is 0.550 e. The topological polar surface area (TPSA) is 109 Å². The first-order valence-electron chi connectivity index (χ1n) is 11.5. The lowest BCUT2D eigenvalue weighted by atomic mass is 9.82. The Morgan fingerprint density at radius 3 is 2.62 bits per heavy atom. The van der Waals surface area contributed by atoms with Crippen LogP contribution in [-0.4, -0.2) is 24.5 Å². The van der Waals surface area contributed by atoms with Crippen LogP contribution in [0.25, 0.3) is 11.0 Å². The molecule has 174 valence electrons. The SMILES string of the molecule is CCCCc1cc(=O)oc2c(C)c(O[C@@H](C)C(=O)NCC3CCC(C(=O)[O-])CC3)ccc12. The van der Waals surface area contributed by atoms with E-state index in [4.69, 9.17) is 9.15 Å². The van der Waals surface area contributed by atoms with Gasteiger partial charge in [0.15, 0.2) is 6.10 Å². The number of benzene rings is 1. The van der Waals surface area contributed by atoms with Crippen LogP contribution in [0.4, 0.5) is 0 Å². The smallest absolute Gasteiger partial charge is 0.336 e. The van der Waals surface area contributed by atoms with Gasteiger partial charge in [-0.3, -0.25) is 4.79 Å². The molecule has 1 fully saturated rings. The number of carbonyl (C=O) groups is 2. The number of hydrogen-bond acceptors (Lipinski definition) is 6. The summed E-state index contributed by atoms with van der Waals surface area (Å²) in [6, 6.07) is 5.25. The Labute approximate surface area is 188 Å². The molecule has 32 heavy (non-hydrogen) atoms. The molecule has 1 aromatic carbocycles. The monoisotopic (exact) mass is 442 g/mol. The number of fused-ring (bicyclic) bond motifs is 1. The van der Waals surface area contributed by atoms with Crippen molar-refractivity contribution in [1.82, 2.24) is 5.32 Å². The molecule has 3 rings (SSSR count). The molecule has 1 aliphatic carbocycles. The summed E-state index contributed by atoms with van der Waals surface area (Å²) in [6.45, 7) is 6.11. The van der Waals surface area contributed by atoms with Crippen LogP contribution in [0, 0.1) is 18.8 Å². The van der Waals surface area contributed by atoms with Gasteiger partial charge in [-0.05, 0) is 81.9 Å². The van der Waals surface area contributed by atoms with Crippen LogP contribution in [0.2, 0.25) is 0 Å². The van der Waals surface area contributed by atoms with Gasteiger partial charge in [0, 0.05) is 29.5 Å². The Bertz CT molecular complexity index is 1020. The molecule has 0 saturated heterocycles. The lowest BCUT2D eigenvalue weighted by Gasteiger charge is -2.29. The Morgan fingerprint density at radius 1 is 1.25 bits per heavy atom. The quantitative estimate of drug-likeness (QED) is 0.598. The van der Waals surface area contributed by atoms with Crippen molar-refractivity contribution in [2.45, 2.75) is 71.8 Å². The van der Waals surface area contributed by atoms with Crippen LogP contribution in [0.5, 0.6) is 5.75 Å². The van der Waals surface area contributed by atoms with Crippen LogP contribution in [-0.2, 0) is 16.0 Å². The zero-order chi connectivity index (χ0) is 23.3. The first-order chi connectivity index (χ1) is 15.3. The van der Waals surface area contributed by atoms with Crippen molar-refractivity contribution >= 4 is 22.8 Å². The van der Waals surface area contributed by atoms with Crippen molar-refractivity contribution in [3.63, 3.8) is 0 Å². The van der Waals surface area contributed by atoms with E-state index in [-0.39, 0.29) is 23.4 Å². The summed E-state index contributed by atoms with van der Waals surface area (Å²) >= 11 is 0. The minimum absolute atomic E-state index is 0.232. The summed E-state index contributed by atoms with van der Waals surface area (Å²) in [5, 5.41) is 14.8. The number of rotatable bonds is 9. The van der Waals surface area contributed by atoms with Crippen molar-refractivity contribution in [2.75, 3.05) is 6.54 Å². The molecule has 2 aromatic rings. The first-order valence-corrected chi connectivity index (χ1v) is 11.5. The normalized spacial score (nSPS) is 19.5. The second-order valence-corrected chi connectivity index (χ2v) is 8.80. The Kier molecular flexibility index (Phi) is 7.94. The second-order valence-electron chi connectivity index (χ2n) is 8.80. The molecule has 1 heterocycles. The summed E-state index contributed by atoms with van der Waals surface area (Å²) in [5.41, 5.74) is 1.77. The fraction of sp³-hybridized carbons (Fsp3) is 0.560. The van der Waals surface area contributed by atoms with Crippen molar-refractivity contribution < 1.29 is 23.8 Å². The third kappa shape index (κ3) is 5.69. The van der Waals surface area contributed by atoms with Gasteiger partial charge < -0.3 is 24.4 Å². The minimum atomic E-state index is -0.978. The van der Waals surface area contributed by atoms with E-state index in [0.29, 0.717) is 36.3 Å². The molecular weight excluding hydrogens is 410 g/mol. The van der Waals surface area contributed by atoms with E-state index in [9.17, 15) is 19.5 Å². The van der Waals surface area contributed by atoms with E-state index in [0.717, 1.165) is 43.1 Å². The standard InChI is InChI=1S/C25H33NO6/c1-4-5-6-19-13-22(27)32-23-15(2)21(12-11-20(19)23)31-16(3)24(28)26-14-17-7-9-18(10-8-17)25(29)30/h11-13,16-18H,4-10,14H2,1-3H3,(H,26,28)(H,29,30)/p-1/t16-,17?,18?/m0/s1. The summed E-state index contributed by atoms with van der Waals surface area (Å²) in [5.74, 6) is -0.814. The third-order valence-electron chi connectivity index (χ3n) is 6.41. The summed E-state index contributed by atoms with van der Waals surface area (Å²) < 4.78 is 11.4. The summed E-state index contributed by atoms with van der Waals surface area (Å²) in [4.78, 5) is 35.6. The molecule has 7 nitrogen and oxygen atoms in total. The average molecular weight is 443 g/mol. The van der Waals surface area contributed by atoms with Crippen molar-refractivity contribution in [2.24, 2.45) is 11.8 Å². The molecule has 1 aliphatic rings. The van der Waals surface area contributed by atoms with Crippen LogP contribution in [0.3, 0.4) is 0 Å². The fourth-order valence-corrected chi connectivity index (χ4v) is 4.34. The molecule has 0 aliphatic heterocycles. The van der Waals surface area contributed by atoms with Gasteiger partial charge in [0.25, 0.3) is 5.91 Å². The van der Waals surface area contributed by atoms with Gasteiger partial charge in [0.2, 0.25) is 0 Å². The van der Waals surface area contributed by atoms with Crippen LogP contribution < -0.4 is 20.8 Å². The minimum Gasteiger partial charge on any atom is -0.550 e. The number of carboxylic acids is 1. The zero-order valence-electron chi connectivity index (χ0n) is 19.1. The van der Waals surface area contributed by atoms with E-state index in [2.05, 4.69) is 12.2 Å². The zero-order valence-corrected chi connectivity index (χ0v) is 19.1. The maximum atomic E-state index is 12.6. The molecule has 1 N–H and O–H groups in total. The predicted molar refractivity (Wildman–Crippen MR) is 119 cm³/mol. The Balaban J connectivity index is 1.63. The van der Waals surface area contributed by atoms with E-state index >= 15 is 0 Å². The number of unbranched alkanes of at least 4 members (excludes halogenated alkanes) is 1. The van der Waals surface area contributed by atoms with Gasteiger partial charge in [0.1, 0.15) is 11.3 Å². The first kappa shape index (κ1) is 23.8. The van der Waals surface area contributed by atoms with Crippen molar-refractivity contribution in [3.8, 4) is 5.75 Å². The molecule has 1 saturated carbocycles. The maximum Gasteiger partial charge on any atom is 0.336 e. The lowest BCUT2D eigenvalue weighted by Crippen LogP contribution is -2.40. The number of nitrogens with one attached hydrogen (secondary N) is 1. The van der Waals surface area contributed by atoms with Gasteiger partial charge in [-0.25, -0.2) is 4.79 Å². The predicted octanol–water partition coefficient (Wildman–Crippen LogP) is 2.88. The van der Waals surface area contributed by atoms with E-state index in [1.54, 1.807) is 13.0 Å². The third-order valence-corrected chi connectivity index (χ3v) is 6.41. The highest BCUT2D eigenvalue weighted by Crippen LogP contribution is 2.30. The second kappa shape index (κ2) is 10.7. The molecule has 1 aromatic heterocycles. The van der Waals surface area contributed by atoms with Gasteiger partial charge >= 0.3 is 5.63 Å². The summed E-state index contributed by atoms with van der Waals surface area (Å²) in [7, 11) is 0. The van der Waals surface area contributed by atoms with Crippen LogP contribution in [0.15, 0.2) is 27.4 Å². The molecular formula is C25H32NO6-. The van der Waals surface area contributed by atoms with Crippen LogP contribution >= 0.6 is 0 Å². The number of ether oxygens (including phenoxy) is 1. The van der Waals surface area contributed by atoms with E-state index in [1.165, 1.54) is 0 Å². The highest BCUT2D eigenvalue weighted by atomic mass is 16.5. The van der Waals surface area contributed by atoms with Crippen LogP contribution in [0.1, 0.15) is 63.5 Å². The number of hydrogen-bond donors (Lipinski definition) is 1. The van der Waals surface area contributed by atoms with Gasteiger partial charge in [-0.1, -0.05) is 13.3 Å². The molecule has 1 amide bonds. The van der Waals surface area contributed by atoms with Gasteiger partial charge in [-0.15, -0.1) is 0 Å². The highest BCUT2D eigenvalue weighted by molar-refractivity contribution is 5.85. The molecule has 7 heteroatoms. The molecule has 0 radical (unpaired) electrons. The van der Waals surface area contributed by atoms with E-state index in [1.807, 2.05) is 19.1 Å². The molecule has 0 bridgehead atoms. The summed E-state index contributed by atoms with van der Waals surface area (Å²) in [6.07, 6.45) is 4.82. The van der Waals surface area contributed by atoms with Crippen molar-refractivity contribution in [1.29, 1.82) is 0 Å². The Hall–Kier alpha value is -2.83. The number of aryl methyl sites for hydroxylation is 2. The number of amides is 1. The van der Waals surface area contributed by atoms with E-state index < -0.39 is 12.1 Å². The molecule has 1 atom stereocenters. The average Bonchev–Trinajstić information content (AvgIpc) is 2.78. The molecule has 0 unspecified atom stereocenters. The highest BCUT2D eigenvalue weighted by Gasteiger charge is 2.24. The van der Waals surface area contributed by atoms with Crippen molar-refractivity contribution in [3.05, 3.63) is 39.7 Å². The number of aliphatic carboxylic acids is 1. The van der Waals surface area contributed by atoms with Gasteiger partial charge in [-0.2, -0.15) is 0 Å². The fourth-order valence-electron chi connectivity index (χ4n) is 4.34. The maximum absolute atomic E-state index is 12.6. The Morgan fingerprint density at radius 2 is 1.97 bits per heavy atom. The van der Waals surface area contributed by atoms with Gasteiger partial charge in [0.05, 0.1) is 0 Å². The molecule has 0 spiro atoms. The number of carbonyl (C=O) groups excluding carboxylic acids is 2. The lowest BCUT2D eigenvalue weighted by molar-refractivity contribution is -0.312.